The van der Waals surface area contributed by atoms with E-state index in [1.807, 2.05) is 0 Å². The molecule has 0 saturated heterocycles. The molecule has 0 aromatic rings. The third-order valence-corrected chi connectivity index (χ3v) is 3.19. The van der Waals surface area contributed by atoms with Gasteiger partial charge in [0.15, 0.2) is 0 Å². The molecule has 0 bridgehead atoms. The molecule has 1 aliphatic heterocycles. The molecular weight excluding hydrogens is 194 g/mol. The van der Waals surface area contributed by atoms with E-state index >= 15 is 0 Å². The highest BCUT2D eigenvalue weighted by molar-refractivity contribution is 6.16. The fraction of sp³-hybridized carbons (Fsp3) is 0.636. The van der Waals surface area contributed by atoms with E-state index in [2.05, 4.69) is 0 Å². The van der Waals surface area contributed by atoms with Gasteiger partial charge in [-0.15, -0.1) is 0 Å². The van der Waals surface area contributed by atoms with Crippen molar-refractivity contribution in [3.8, 4) is 0 Å². The lowest BCUT2D eigenvalue weighted by molar-refractivity contribution is -0.139. The number of imide groups is 1. The van der Waals surface area contributed by atoms with E-state index in [0.717, 1.165) is 19.3 Å². The molecule has 1 heterocycles. The number of hydrogen-bond donors (Lipinski definition) is 0. The van der Waals surface area contributed by atoms with Gasteiger partial charge in [-0.2, -0.15) is 0 Å². The number of amides is 2. The first-order valence-electron chi connectivity index (χ1n) is 5.22. The highest BCUT2D eigenvalue weighted by Crippen LogP contribution is 2.29. The van der Waals surface area contributed by atoms with Crippen molar-refractivity contribution in [2.24, 2.45) is 0 Å². The van der Waals surface area contributed by atoms with Crippen LogP contribution in [0.25, 0.3) is 0 Å². The van der Waals surface area contributed by atoms with Gasteiger partial charge in [-0.05, 0) is 26.2 Å². The van der Waals surface area contributed by atoms with Crippen molar-refractivity contribution < 1.29 is 14.3 Å². The van der Waals surface area contributed by atoms with Crippen molar-refractivity contribution in [2.45, 2.75) is 38.3 Å². The minimum absolute atomic E-state index is 0.0312. The normalized spacial score (nSPS) is 31.3. The average Bonchev–Trinajstić information content (AvgIpc) is 2.74. The first-order valence-corrected chi connectivity index (χ1v) is 5.22. The highest BCUT2D eigenvalue weighted by Gasteiger charge is 2.38. The van der Waals surface area contributed by atoms with Crippen LogP contribution in [0.2, 0.25) is 0 Å². The molecule has 15 heavy (non-hydrogen) atoms. The summed E-state index contributed by atoms with van der Waals surface area (Å²) in [6, 6.07) is 0.0312. The van der Waals surface area contributed by atoms with Crippen LogP contribution in [0.3, 0.4) is 0 Å². The van der Waals surface area contributed by atoms with Gasteiger partial charge in [0.2, 0.25) is 0 Å². The lowest BCUT2D eigenvalue weighted by Crippen LogP contribution is -2.39. The summed E-state index contributed by atoms with van der Waals surface area (Å²) in [6.45, 7) is 1.68. The Morgan fingerprint density at radius 1 is 1.40 bits per heavy atom. The molecule has 82 valence electrons. The quantitative estimate of drug-likeness (QED) is 0.634. The Kier molecular flexibility index (Phi) is 2.61. The van der Waals surface area contributed by atoms with Gasteiger partial charge < -0.3 is 4.74 Å². The maximum absolute atomic E-state index is 11.7. The van der Waals surface area contributed by atoms with Gasteiger partial charge in [-0.25, -0.2) is 0 Å². The van der Waals surface area contributed by atoms with Gasteiger partial charge >= 0.3 is 0 Å². The van der Waals surface area contributed by atoms with Crippen LogP contribution in [0.15, 0.2) is 11.6 Å². The predicted molar refractivity (Wildman–Crippen MR) is 54.0 cm³/mol. The van der Waals surface area contributed by atoms with Crippen molar-refractivity contribution >= 4 is 11.8 Å². The van der Waals surface area contributed by atoms with Crippen molar-refractivity contribution in [1.82, 2.24) is 4.90 Å². The summed E-state index contributed by atoms with van der Waals surface area (Å²) in [5.74, 6) is -0.305. The average molecular weight is 209 g/mol. The largest absolute Gasteiger partial charge is 0.381 e. The molecule has 1 fully saturated rings. The number of ether oxygens (including phenoxy) is 1. The second kappa shape index (κ2) is 3.77. The van der Waals surface area contributed by atoms with E-state index in [9.17, 15) is 9.59 Å². The second-order valence-electron chi connectivity index (χ2n) is 4.17. The van der Waals surface area contributed by atoms with Crippen LogP contribution in [0.5, 0.6) is 0 Å². The summed E-state index contributed by atoms with van der Waals surface area (Å²) in [4.78, 5) is 24.6. The van der Waals surface area contributed by atoms with Crippen molar-refractivity contribution in [1.29, 1.82) is 0 Å². The van der Waals surface area contributed by atoms with E-state index in [4.69, 9.17) is 4.74 Å². The predicted octanol–water partition coefficient (Wildman–Crippen LogP) is 0.869. The van der Waals surface area contributed by atoms with Gasteiger partial charge in [0.25, 0.3) is 11.8 Å². The topological polar surface area (TPSA) is 46.6 Å². The minimum Gasteiger partial charge on any atom is -0.381 e. The zero-order chi connectivity index (χ0) is 11.0. The summed E-state index contributed by atoms with van der Waals surface area (Å²) < 4.78 is 5.23. The van der Waals surface area contributed by atoms with Crippen LogP contribution >= 0.6 is 0 Å². The zero-order valence-electron chi connectivity index (χ0n) is 9.03. The third kappa shape index (κ3) is 1.69. The van der Waals surface area contributed by atoms with Crippen LogP contribution in [0, 0.1) is 0 Å². The van der Waals surface area contributed by atoms with Crippen LogP contribution in [-0.4, -0.2) is 36.0 Å². The van der Waals surface area contributed by atoms with Crippen LogP contribution in [-0.2, 0) is 14.3 Å². The lowest BCUT2D eigenvalue weighted by Gasteiger charge is -2.22. The lowest BCUT2D eigenvalue weighted by atomic mass is 10.2. The standard InChI is InChI=1S/C11H15NO3/c1-7-5-10(13)12(11(7)14)8-3-4-9(6-8)15-2/h5,8-9H,3-4,6H2,1-2H3. The molecule has 2 aliphatic rings. The number of carbonyl (C=O) groups excluding carboxylic acids is 2. The van der Waals surface area contributed by atoms with Crippen LogP contribution < -0.4 is 0 Å². The molecule has 2 atom stereocenters. The number of nitrogens with zero attached hydrogens (tertiary/aromatic N) is 1. The minimum atomic E-state index is -0.167. The molecule has 0 radical (unpaired) electrons. The van der Waals surface area contributed by atoms with E-state index < -0.39 is 0 Å². The SMILES string of the molecule is COC1CCC(N2C(=O)C=C(C)C2=O)C1. The van der Waals surface area contributed by atoms with Gasteiger partial charge in [0.1, 0.15) is 0 Å². The summed E-state index contributed by atoms with van der Waals surface area (Å²) >= 11 is 0. The van der Waals surface area contributed by atoms with Gasteiger partial charge in [-0.3, -0.25) is 14.5 Å². The smallest absolute Gasteiger partial charge is 0.256 e. The monoisotopic (exact) mass is 209 g/mol. The molecule has 0 aromatic heterocycles. The fourth-order valence-corrected chi connectivity index (χ4v) is 2.32. The highest BCUT2D eigenvalue weighted by atomic mass is 16.5. The van der Waals surface area contributed by atoms with Gasteiger partial charge in [0, 0.05) is 24.8 Å². The Bertz CT molecular complexity index is 335. The molecule has 0 N–H and O–H groups in total. The summed E-state index contributed by atoms with van der Waals surface area (Å²) in [5, 5.41) is 0. The Labute approximate surface area is 88.9 Å². The molecule has 0 aromatic carbocycles. The second-order valence-corrected chi connectivity index (χ2v) is 4.17. The van der Waals surface area contributed by atoms with Crippen molar-refractivity contribution in [2.75, 3.05) is 7.11 Å². The van der Waals surface area contributed by atoms with E-state index in [1.54, 1.807) is 14.0 Å². The molecular formula is C11H15NO3. The molecule has 1 saturated carbocycles. The Morgan fingerprint density at radius 3 is 2.60 bits per heavy atom. The number of carbonyl (C=O) groups is 2. The summed E-state index contributed by atoms with van der Waals surface area (Å²) in [6.07, 6.45) is 4.17. The van der Waals surface area contributed by atoms with Crippen molar-refractivity contribution in [3.05, 3.63) is 11.6 Å². The zero-order valence-corrected chi connectivity index (χ0v) is 9.03. The van der Waals surface area contributed by atoms with E-state index in [1.165, 1.54) is 11.0 Å². The van der Waals surface area contributed by atoms with Gasteiger partial charge in [-0.1, -0.05) is 0 Å². The number of rotatable bonds is 2. The Morgan fingerprint density at radius 2 is 2.13 bits per heavy atom. The Hall–Kier alpha value is -1.16. The number of methoxy groups -OCH3 is 1. The fourth-order valence-electron chi connectivity index (χ4n) is 2.32. The first kappa shape index (κ1) is 10.4. The van der Waals surface area contributed by atoms with Crippen molar-refractivity contribution in [3.63, 3.8) is 0 Å². The molecule has 2 amide bonds. The van der Waals surface area contributed by atoms with Crippen LogP contribution in [0.4, 0.5) is 0 Å². The molecule has 2 rings (SSSR count). The maximum atomic E-state index is 11.7. The Balaban J connectivity index is 2.07. The molecule has 2 unspecified atom stereocenters. The number of hydrogen-bond acceptors (Lipinski definition) is 3. The summed E-state index contributed by atoms with van der Waals surface area (Å²) in [5.41, 5.74) is 0.542. The molecule has 4 heteroatoms. The van der Waals surface area contributed by atoms with E-state index in [0.29, 0.717) is 5.57 Å². The summed E-state index contributed by atoms with van der Waals surface area (Å²) in [7, 11) is 1.67. The third-order valence-electron chi connectivity index (χ3n) is 3.19. The maximum Gasteiger partial charge on any atom is 0.256 e. The first-order chi connectivity index (χ1) is 7.13. The molecule has 1 aliphatic carbocycles. The molecule has 4 nitrogen and oxygen atoms in total. The van der Waals surface area contributed by atoms with E-state index in [-0.39, 0.29) is 24.0 Å². The van der Waals surface area contributed by atoms with Gasteiger partial charge in [0.05, 0.1) is 6.10 Å². The van der Waals surface area contributed by atoms with Crippen LogP contribution in [0.1, 0.15) is 26.2 Å². The molecule has 0 spiro atoms.